The molecule has 1 saturated heterocycles. The highest BCUT2D eigenvalue weighted by Gasteiger charge is 2.24. The minimum absolute atomic E-state index is 0.0314. The van der Waals surface area contributed by atoms with Crippen LogP contribution in [-0.2, 0) is 4.79 Å². The van der Waals surface area contributed by atoms with Crippen molar-refractivity contribution in [3.8, 4) is 11.8 Å². The molecule has 2 N–H and O–H groups in total. The summed E-state index contributed by atoms with van der Waals surface area (Å²) in [6.45, 7) is 4.01. The van der Waals surface area contributed by atoms with Crippen molar-refractivity contribution >= 4 is 17.3 Å². The number of carbonyl (C=O) groups is 1. The molecule has 1 fully saturated rings. The first kappa shape index (κ1) is 19.2. The number of nitrogens with zero attached hydrogens (tertiary/aromatic N) is 3. The predicted octanol–water partition coefficient (Wildman–Crippen LogP) is 3.01. The molecule has 0 unspecified atom stereocenters. The third-order valence-corrected chi connectivity index (χ3v) is 4.63. The van der Waals surface area contributed by atoms with Crippen LogP contribution < -0.4 is 10.2 Å². The minimum Gasteiger partial charge on any atom is -0.506 e. The number of anilines is 2. The number of hydrogen-bond donors (Lipinski definition) is 2. The lowest BCUT2D eigenvalue weighted by atomic mass is 10.2. The Hall–Kier alpha value is -3.53. The van der Waals surface area contributed by atoms with Crippen LogP contribution in [0.25, 0.3) is 0 Å². The SMILES string of the molecule is Cc1ccc(O)c(N/C=C(/C#N)C(=O)N2CCN(c3ccc(F)cc3)CC2)c1. The lowest BCUT2D eigenvalue weighted by Crippen LogP contribution is -2.49. The number of nitrogens with one attached hydrogen (secondary N) is 1. The molecule has 2 aromatic rings. The van der Waals surface area contributed by atoms with Crippen LogP contribution in [0, 0.1) is 24.1 Å². The topological polar surface area (TPSA) is 79.6 Å². The number of aromatic hydroxyl groups is 1. The van der Waals surface area contributed by atoms with Crippen molar-refractivity contribution in [3.05, 3.63) is 65.6 Å². The van der Waals surface area contributed by atoms with Crippen molar-refractivity contribution < 1.29 is 14.3 Å². The van der Waals surface area contributed by atoms with Gasteiger partial charge >= 0.3 is 0 Å². The average Bonchev–Trinajstić information content (AvgIpc) is 2.71. The van der Waals surface area contributed by atoms with E-state index in [1.807, 2.05) is 13.0 Å². The average molecular weight is 380 g/mol. The van der Waals surface area contributed by atoms with E-state index in [2.05, 4.69) is 10.2 Å². The first-order chi connectivity index (χ1) is 13.5. The van der Waals surface area contributed by atoms with Crippen LogP contribution in [-0.4, -0.2) is 42.1 Å². The lowest BCUT2D eigenvalue weighted by molar-refractivity contribution is -0.127. The molecule has 1 aliphatic heterocycles. The lowest BCUT2D eigenvalue weighted by Gasteiger charge is -2.36. The highest BCUT2D eigenvalue weighted by atomic mass is 19.1. The maximum atomic E-state index is 13.1. The molecule has 0 aromatic heterocycles. The third kappa shape index (κ3) is 4.41. The number of carbonyl (C=O) groups excluding carboxylic acids is 1. The molecule has 1 amide bonds. The highest BCUT2D eigenvalue weighted by molar-refractivity contribution is 5.97. The maximum absolute atomic E-state index is 13.1. The van der Waals surface area contributed by atoms with E-state index in [9.17, 15) is 19.6 Å². The van der Waals surface area contributed by atoms with Gasteiger partial charge in [0.1, 0.15) is 23.2 Å². The Morgan fingerprint density at radius 1 is 1.18 bits per heavy atom. The summed E-state index contributed by atoms with van der Waals surface area (Å²) in [5.74, 6) is -0.603. The zero-order valence-electron chi connectivity index (χ0n) is 15.5. The first-order valence-corrected chi connectivity index (χ1v) is 8.94. The summed E-state index contributed by atoms with van der Waals surface area (Å²) in [4.78, 5) is 16.3. The summed E-state index contributed by atoms with van der Waals surface area (Å²) >= 11 is 0. The maximum Gasteiger partial charge on any atom is 0.266 e. The summed E-state index contributed by atoms with van der Waals surface area (Å²) in [5, 5.41) is 22.1. The van der Waals surface area contributed by atoms with E-state index in [-0.39, 0.29) is 23.0 Å². The van der Waals surface area contributed by atoms with Gasteiger partial charge < -0.3 is 20.2 Å². The van der Waals surface area contributed by atoms with Gasteiger partial charge in [0.05, 0.1) is 5.69 Å². The molecule has 0 saturated carbocycles. The normalized spacial score (nSPS) is 14.5. The van der Waals surface area contributed by atoms with Gasteiger partial charge in [-0.15, -0.1) is 0 Å². The van der Waals surface area contributed by atoms with Crippen LogP contribution in [0.3, 0.4) is 0 Å². The van der Waals surface area contributed by atoms with Gasteiger partial charge in [-0.1, -0.05) is 6.07 Å². The Balaban J connectivity index is 1.63. The molecular formula is C21H21FN4O2. The summed E-state index contributed by atoms with van der Waals surface area (Å²) in [6.07, 6.45) is 1.32. The van der Waals surface area contributed by atoms with Crippen LogP contribution in [0.5, 0.6) is 5.75 Å². The number of benzene rings is 2. The fourth-order valence-corrected chi connectivity index (χ4v) is 3.05. The second-order valence-electron chi connectivity index (χ2n) is 6.59. The first-order valence-electron chi connectivity index (χ1n) is 8.94. The summed E-state index contributed by atoms with van der Waals surface area (Å²) < 4.78 is 13.1. The second kappa shape index (κ2) is 8.44. The molecule has 0 spiro atoms. The van der Waals surface area contributed by atoms with E-state index in [0.717, 1.165) is 11.3 Å². The van der Waals surface area contributed by atoms with Gasteiger partial charge in [-0.2, -0.15) is 5.26 Å². The van der Waals surface area contributed by atoms with Crippen molar-refractivity contribution in [2.45, 2.75) is 6.92 Å². The molecule has 2 aromatic carbocycles. The van der Waals surface area contributed by atoms with Crippen LogP contribution >= 0.6 is 0 Å². The molecule has 1 heterocycles. The van der Waals surface area contributed by atoms with Gasteiger partial charge in [0.2, 0.25) is 0 Å². The van der Waals surface area contributed by atoms with Crippen molar-refractivity contribution in [2.24, 2.45) is 0 Å². The standard InChI is InChI=1S/C21H21FN4O2/c1-15-2-7-20(27)19(12-15)24-14-16(13-23)21(28)26-10-8-25(9-11-26)18-5-3-17(22)4-6-18/h2-7,12,14,24,27H,8-11H2,1H3/b16-14-. The Morgan fingerprint density at radius 2 is 1.86 bits per heavy atom. The number of piperazine rings is 1. The van der Waals surface area contributed by atoms with E-state index >= 15 is 0 Å². The highest BCUT2D eigenvalue weighted by Crippen LogP contribution is 2.24. The predicted molar refractivity (Wildman–Crippen MR) is 105 cm³/mol. The zero-order valence-corrected chi connectivity index (χ0v) is 15.5. The fourth-order valence-electron chi connectivity index (χ4n) is 3.05. The van der Waals surface area contributed by atoms with Gasteiger partial charge in [-0.3, -0.25) is 4.79 Å². The van der Waals surface area contributed by atoms with Crippen LogP contribution in [0.2, 0.25) is 0 Å². The van der Waals surface area contributed by atoms with Crippen molar-refractivity contribution in [1.29, 1.82) is 5.26 Å². The molecule has 0 atom stereocenters. The molecule has 7 heteroatoms. The third-order valence-electron chi connectivity index (χ3n) is 4.63. The summed E-state index contributed by atoms with van der Waals surface area (Å²) in [7, 11) is 0. The zero-order chi connectivity index (χ0) is 20.1. The van der Waals surface area contributed by atoms with Crippen LogP contribution in [0.1, 0.15) is 5.56 Å². The van der Waals surface area contributed by atoms with Crippen LogP contribution in [0.15, 0.2) is 54.2 Å². The smallest absolute Gasteiger partial charge is 0.266 e. The Labute approximate surface area is 163 Å². The van der Waals surface area contributed by atoms with Crippen molar-refractivity contribution in [1.82, 2.24) is 4.90 Å². The Bertz CT molecular complexity index is 926. The monoisotopic (exact) mass is 380 g/mol. The second-order valence-corrected chi connectivity index (χ2v) is 6.59. The number of rotatable bonds is 4. The number of hydrogen-bond acceptors (Lipinski definition) is 5. The number of halogens is 1. The van der Waals surface area contributed by atoms with Crippen molar-refractivity contribution in [3.63, 3.8) is 0 Å². The number of aryl methyl sites for hydroxylation is 1. The Morgan fingerprint density at radius 3 is 2.50 bits per heavy atom. The van der Waals surface area contributed by atoms with E-state index in [4.69, 9.17) is 0 Å². The largest absolute Gasteiger partial charge is 0.506 e. The molecule has 0 aliphatic carbocycles. The number of phenolic OH excluding ortho intramolecular Hbond substituents is 1. The van der Waals surface area contributed by atoms with Crippen molar-refractivity contribution in [2.75, 3.05) is 36.4 Å². The van der Waals surface area contributed by atoms with Gasteiger partial charge in [-0.25, -0.2) is 4.39 Å². The molecule has 3 rings (SSSR count). The van der Waals surface area contributed by atoms with Gasteiger partial charge in [0.15, 0.2) is 0 Å². The number of nitriles is 1. The molecule has 0 bridgehead atoms. The van der Waals surface area contributed by atoms with E-state index in [1.165, 1.54) is 18.3 Å². The molecule has 28 heavy (non-hydrogen) atoms. The van der Waals surface area contributed by atoms with Gasteiger partial charge in [0.25, 0.3) is 5.91 Å². The van der Waals surface area contributed by atoms with Gasteiger partial charge in [0, 0.05) is 38.1 Å². The molecule has 1 aliphatic rings. The van der Waals surface area contributed by atoms with E-state index in [1.54, 1.807) is 35.2 Å². The molecule has 6 nitrogen and oxygen atoms in total. The van der Waals surface area contributed by atoms with E-state index < -0.39 is 0 Å². The molecule has 144 valence electrons. The summed E-state index contributed by atoms with van der Waals surface area (Å²) in [6, 6.07) is 13.2. The summed E-state index contributed by atoms with van der Waals surface area (Å²) in [5.41, 5.74) is 2.24. The Kier molecular flexibility index (Phi) is 5.80. The molecule has 0 radical (unpaired) electrons. The number of phenols is 1. The quantitative estimate of drug-likeness (QED) is 0.484. The van der Waals surface area contributed by atoms with E-state index in [0.29, 0.717) is 31.9 Å². The fraction of sp³-hybridized carbons (Fsp3) is 0.238. The van der Waals surface area contributed by atoms with Crippen LogP contribution in [0.4, 0.5) is 15.8 Å². The minimum atomic E-state index is -0.360. The van der Waals surface area contributed by atoms with Gasteiger partial charge in [-0.05, 0) is 48.9 Å². The molecular weight excluding hydrogens is 359 g/mol. The number of amides is 1.